The van der Waals surface area contributed by atoms with E-state index in [-0.39, 0.29) is 11.7 Å². The Labute approximate surface area is 189 Å². The van der Waals surface area contributed by atoms with Gasteiger partial charge in [-0.3, -0.25) is 9.78 Å². The summed E-state index contributed by atoms with van der Waals surface area (Å²) >= 11 is 1.16. The number of carbonyl (C=O) groups is 1. The molecular formula is C24H21FN4O2S. The van der Waals surface area contributed by atoms with Gasteiger partial charge in [0, 0.05) is 42.8 Å². The molecule has 0 aliphatic rings. The van der Waals surface area contributed by atoms with Crippen LogP contribution in [0.4, 0.5) is 4.39 Å². The number of hydrogen-bond acceptors (Lipinski definition) is 6. The van der Waals surface area contributed by atoms with Crippen LogP contribution in [0.1, 0.15) is 22.6 Å². The number of amides is 1. The summed E-state index contributed by atoms with van der Waals surface area (Å²) in [7, 11) is 0. The molecule has 0 fully saturated rings. The van der Waals surface area contributed by atoms with Crippen LogP contribution in [0, 0.1) is 5.82 Å². The molecule has 2 heterocycles. The Hall–Kier alpha value is -3.65. The number of rotatable bonds is 9. The molecule has 0 unspecified atom stereocenters. The Morgan fingerprint density at radius 2 is 1.78 bits per heavy atom. The molecule has 0 saturated carbocycles. The predicted octanol–water partition coefficient (Wildman–Crippen LogP) is 4.36. The lowest BCUT2D eigenvalue weighted by Gasteiger charge is -2.06. The van der Waals surface area contributed by atoms with E-state index in [4.69, 9.17) is 4.74 Å². The first-order chi connectivity index (χ1) is 15.6. The molecule has 8 heteroatoms. The molecule has 4 rings (SSSR count). The minimum Gasteiger partial charge on any atom is -0.430 e. The van der Waals surface area contributed by atoms with E-state index in [2.05, 4.69) is 19.7 Å². The first kappa shape index (κ1) is 21.6. The van der Waals surface area contributed by atoms with E-state index in [0.29, 0.717) is 42.6 Å². The van der Waals surface area contributed by atoms with Crippen molar-refractivity contribution in [1.82, 2.24) is 19.7 Å². The van der Waals surface area contributed by atoms with Crippen molar-refractivity contribution in [2.45, 2.75) is 19.3 Å². The van der Waals surface area contributed by atoms with Crippen LogP contribution in [0.25, 0.3) is 0 Å². The fourth-order valence-electron chi connectivity index (χ4n) is 3.04. The topological polar surface area (TPSA) is 77.0 Å². The highest BCUT2D eigenvalue weighted by atomic mass is 32.1. The summed E-state index contributed by atoms with van der Waals surface area (Å²) in [6, 6.07) is 19.3. The number of ether oxygens (including phenoxy) is 1. The molecule has 4 aromatic rings. The molecule has 0 radical (unpaired) electrons. The maximum atomic E-state index is 13.0. The van der Waals surface area contributed by atoms with Crippen molar-refractivity contribution in [1.29, 1.82) is 0 Å². The van der Waals surface area contributed by atoms with Gasteiger partial charge in [0.25, 0.3) is 5.19 Å². The Balaban J connectivity index is 1.24. The number of hydrogen-bond donors (Lipinski definition) is 1. The molecule has 0 atom stereocenters. The van der Waals surface area contributed by atoms with Crippen LogP contribution in [0.3, 0.4) is 0 Å². The zero-order valence-corrected chi connectivity index (χ0v) is 18.0. The number of nitrogens with zero attached hydrogens (tertiary/aromatic N) is 3. The van der Waals surface area contributed by atoms with Gasteiger partial charge in [0.05, 0.1) is 6.42 Å². The lowest BCUT2D eigenvalue weighted by molar-refractivity contribution is -0.120. The monoisotopic (exact) mass is 448 g/mol. The van der Waals surface area contributed by atoms with Crippen molar-refractivity contribution in [2.24, 2.45) is 0 Å². The number of nitrogens with one attached hydrogen (secondary N) is 1. The first-order valence-corrected chi connectivity index (χ1v) is 10.9. The number of pyridine rings is 1. The molecule has 1 amide bonds. The van der Waals surface area contributed by atoms with Crippen LogP contribution in [-0.2, 0) is 24.1 Å². The molecular weight excluding hydrogens is 427 g/mol. The van der Waals surface area contributed by atoms with E-state index in [1.807, 2.05) is 30.3 Å². The lowest BCUT2D eigenvalue weighted by Crippen LogP contribution is -2.27. The molecule has 0 bridgehead atoms. The SMILES string of the molecule is O=C(Cc1ccc(Oc2nc(Cc3ccc(F)cc3)ns2)cc1)NCCc1ccccn1. The third-order valence-electron chi connectivity index (χ3n) is 4.65. The Morgan fingerprint density at radius 1 is 1.00 bits per heavy atom. The third kappa shape index (κ3) is 6.42. The Kier molecular flexibility index (Phi) is 7.14. The Bertz CT molecular complexity index is 1150. The second-order valence-corrected chi connectivity index (χ2v) is 7.84. The minimum atomic E-state index is -0.269. The van der Waals surface area contributed by atoms with Gasteiger partial charge < -0.3 is 10.1 Å². The third-order valence-corrected chi connectivity index (χ3v) is 5.28. The van der Waals surface area contributed by atoms with Crippen molar-refractivity contribution < 1.29 is 13.9 Å². The number of aromatic nitrogens is 3. The molecule has 2 aromatic carbocycles. The summed E-state index contributed by atoms with van der Waals surface area (Å²) in [5.41, 5.74) is 2.77. The molecule has 1 N–H and O–H groups in total. The standard InChI is InChI=1S/C24H21FN4O2S/c25-19-8-4-17(5-9-19)15-22-28-24(32-29-22)31-21-10-6-18(7-11-21)16-23(30)27-14-12-20-3-1-2-13-26-20/h1-11,13H,12,14-16H2,(H,27,30). The molecule has 2 aromatic heterocycles. The summed E-state index contributed by atoms with van der Waals surface area (Å²) in [6.45, 7) is 0.550. The van der Waals surface area contributed by atoms with Crippen LogP contribution < -0.4 is 10.1 Å². The van der Waals surface area contributed by atoms with E-state index in [1.165, 1.54) is 12.1 Å². The van der Waals surface area contributed by atoms with Crippen LogP contribution in [0.15, 0.2) is 72.9 Å². The average Bonchev–Trinajstić information content (AvgIpc) is 3.24. The van der Waals surface area contributed by atoms with Crippen LogP contribution >= 0.6 is 11.5 Å². The van der Waals surface area contributed by atoms with Crippen LogP contribution in [-0.4, -0.2) is 26.8 Å². The molecule has 0 aliphatic heterocycles. The maximum Gasteiger partial charge on any atom is 0.298 e. The van der Waals surface area contributed by atoms with E-state index in [0.717, 1.165) is 28.4 Å². The van der Waals surface area contributed by atoms with Crippen LogP contribution in [0.2, 0.25) is 0 Å². The van der Waals surface area contributed by atoms with Gasteiger partial charge in [-0.2, -0.15) is 9.36 Å². The van der Waals surface area contributed by atoms with Gasteiger partial charge in [0.1, 0.15) is 11.6 Å². The van der Waals surface area contributed by atoms with E-state index in [9.17, 15) is 9.18 Å². The van der Waals surface area contributed by atoms with Crippen molar-refractivity contribution >= 4 is 17.4 Å². The molecule has 0 saturated heterocycles. The van der Waals surface area contributed by atoms with Crippen molar-refractivity contribution in [2.75, 3.05) is 6.54 Å². The van der Waals surface area contributed by atoms with E-state index < -0.39 is 0 Å². The van der Waals surface area contributed by atoms with E-state index >= 15 is 0 Å². The van der Waals surface area contributed by atoms with Gasteiger partial charge in [0.15, 0.2) is 5.82 Å². The van der Waals surface area contributed by atoms with Crippen LogP contribution in [0.5, 0.6) is 10.9 Å². The normalized spacial score (nSPS) is 10.7. The fourth-order valence-corrected chi connectivity index (χ4v) is 3.60. The van der Waals surface area contributed by atoms with Crippen molar-refractivity contribution in [3.63, 3.8) is 0 Å². The van der Waals surface area contributed by atoms with Crippen molar-refractivity contribution in [3.05, 3.63) is 101 Å². The lowest BCUT2D eigenvalue weighted by atomic mass is 10.1. The largest absolute Gasteiger partial charge is 0.430 e. The second-order valence-electron chi connectivity index (χ2n) is 7.12. The van der Waals surface area contributed by atoms with Gasteiger partial charge in [0.2, 0.25) is 5.91 Å². The average molecular weight is 449 g/mol. The summed E-state index contributed by atoms with van der Waals surface area (Å²) in [5.74, 6) is 0.933. The molecule has 162 valence electrons. The maximum absolute atomic E-state index is 13.0. The smallest absolute Gasteiger partial charge is 0.298 e. The Morgan fingerprint density at radius 3 is 2.53 bits per heavy atom. The van der Waals surface area contributed by atoms with Crippen molar-refractivity contribution in [3.8, 4) is 10.9 Å². The first-order valence-electron chi connectivity index (χ1n) is 10.1. The molecule has 0 aliphatic carbocycles. The summed E-state index contributed by atoms with van der Waals surface area (Å²) in [4.78, 5) is 20.8. The number of benzene rings is 2. The highest BCUT2D eigenvalue weighted by Crippen LogP contribution is 2.24. The predicted molar refractivity (Wildman–Crippen MR) is 120 cm³/mol. The van der Waals surface area contributed by atoms with Gasteiger partial charge in [-0.1, -0.05) is 30.3 Å². The summed E-state index contributed by atoms with van der Waals surface area (Å²) in [5, 5.41) is 3.34. The molecule has 0 spiro atoms. The molecule has 32 heavy (non-hydrogen) atoms. The summed E-state index contributed by atoms with van der Waals surface area (Å²) < 4.78 is 23.1. The number of halogens is 1. The van der Waals surface area contributed by atoms with Gasteiger partial charge >= 0.3 is 0 Å². The van der Waals surface area contributed by atoms with Gasteiger partial charge in [-0.05, 0) is 47.5 Å². The highest BCUT2D eigenvalue weighted by Gasteiger charge is 2.09. The van der Waals surface area contributed by atoms with Gasteiger partial charge in [-0.25, -0.2) is 4.39 Å². The number of carbonyl (C=O) groups excluding carboxylic acids is 1. The minimum absolute atomic E-state index is 0.0378. The highest BCUT2D eigenvalue weighted by molar-refractivity contribution is 7.07. The van der Waals surface area contributed by atoms with Gasteiger partial charge in [-0.15, -0.1) is 0 Å². The quantitative estimate of drug-likeness (QED) is 0.412. The second kappa shape index (κ2) is 10.6. The fraction of sp³-hybridized carbons (Fsp3) is 0.167. The summed E-state index contributed by atoms with van der Waals surface area (Å²) in [6.07, 6.45) is 3.25. The molecule has 6 nitrogen and oxygen atoms in total. The zero-order valence-electron chi connectivity index (χ0n) is 17.2. The van der Waals surface area contributed by atoms with E-state index in [1.54, 1.807) is 30.5 Å². The zero-order chi connectivity index (χ0) is 22.2.